The fourth-order valence-corrected chi connectivity index (χ4v) is 3.30. The maximum Gasteiger partial charge on any atom is 0.227 e. The molecule has 0 spiro atoms. The lowest BCUT2D eigenvalue weighted by Crippen LogP contribution is -2.49. The van der Waals surface area contributed by atoms with E-state index in [1.807, 2.05) is 61.2 Å². The van der Waals surface area contributed by atoms with E-state index in [0.29, 0.717) is 6.42 Å². The van der Waals surface area contributed by atoms with Crippen LogP contribution in [0.1, 0.15) is 19.4 Å². The number of nitrogens with zero attached hydrogens (tertiary/aromatic N) is 2. The minimum atomic E-state index is 0.138. The zero-order valence-electron chi connectivity index (χ0n) is 16.4. The molecule has 3 rings (SSSR count). The number of rotatable bonds is 6. The summed E-state index contributed by atoms with van der Waals surface area (Å²) >= 11 is 0. The van der Waals surface area contributed by atoms with Crippen LogP contribution >= 0.6 is 0 Å². The third-order valence-corrected chi connectivity index (χ3v) is 4.72. The molecule has 1 saturated heterocycles. The quantitative estimate of drug-likeness (QED) is 0.784. The Bertz CT molecular complexity index is 750. The van der Waals surface area contributed by atoms with Gasteiger partial charge in [0.1, 0.15) is 11.5 Å². The SMILES string of the molecule is COc1ccc(CC(=O)N2CCN(c3ccccc3OC(C)C)CC2)cc1. The predicted octanol–water partition coefficient (Wildman–Crippen LogP) is 3.37. The first-order valence-electron chi connectivity index (χ1n) is 9.48. The zero-order chi connectivity index (χ0) is 19.2. The summed E-state index contributed by atoms with van der Waals surface area (Å²) in [5.41, 5.74) is 2.12. The van der Waals surface area contributed by atoms with Crippen molar-refractivity contribution in [1.29, 1.82) is 0 Å². The number of piperazine rings is 1. The fraction of sp³-hybridized carbons (Fsp3) is 0.409. The van der Waals surface area contributed by atoms with Gasteiger partial charge in [0.15, 0.2) is 0 Å². The lowest BCUT2D eigenvalue weighted by atomic mass is 10.1. The second-order valence-corrected chi connectivity index (χ2v) is 7.03. The van der Waals surface area contributed by atoms with Gasteiger partial charge in [0.05, 0.1) is 25.3 Å². The number of ether oxygens (including phenoxy) is 2. The van der Waals surface area contributed by atoms with Gasteiger partial charge in [-0.25, -0.2) is 0 Å². The van der Waals surface area contributed by atoms with E-state index in [-0.39, 0.29) is 12.0 Å². The molecule has 0 bridgehead atoms. The van der Waals surface area contributed by atoms with Crippen molar-refractivity contribution in [2.75, 3.05) is 38.2 Å². The number of hydrogen-bond acceptors (Lipinski definition) is 4. The molecule has 0 aliphatic carbocycles. The Morgan fingerprint density at radius 1 is 1.00 bits per heavy atom. The summed E-state index contributed by atoms with van der Waals surface area (Å²) in [5.74, 6) is 1.89. The summed E-state index contributed by atoms with van der Waals surface area (Å²) in [5, 5.41) is 0. The fourth-order valence-electron chi connectivity index (χ4n) is 3.30. The van der Waals surface area contributed by atoms with Crippen molar-refractivity contribution in [3.05, 3.63) is 54.1 Å². The first-order chi connectivity index (χ1) is 13.1. The number of benzene rings is 2. The van der Waals surface area contributed by atoms with E-state index in [4.69, 9.17) is 9.47 Å². The second kappa shape index (κ2) is 8.80. The average Bonchev–Trinajstić information content (AvgIpc) is 2.69. The van der Waals surface area contributed by atoms with Crippen LogP contribution in [0.4, 0.5) is 5.69 Å². The van der Waals surface area contributed by atoms with Crippen molar-refractivity contribution in [2.45, 2.75) is 26.4 Å². The van der Waals surface area contributed by atoms with Crippen molar-refractivity contribution in [3.63, 3.8) is 0 Å². The van der Waals surface area contributed by atoms with E-state index in [2.05, 4.69) is 11.0 Å². The minimum absolute atomic E-state index is 0.138. The Morgan fingerprint density at radius 3 is 2.30 bits per heavy atom. The molecule has 2 aromatic rings. The number of hydrogen-bond donors (Lipinski definition) is 0. The van der Waals surface area contributed by atoms with Gasteiger partial charge in [0.2, 0.25) is 5.91 Å². The monoisotopic (exact) mass is 368 g/mol. The van der Waals surface area contributed by atoms with Crippen molar-refractivity contribution in [3.8, 4) is 11.5 Å². The van der Waals surface area contributed by atoms with Gasteiger partial charge in [0.25, 0.3) is 0 Å². The van der Waals surface area contributed by atoms with E-state index in [1.54, 1.807) is 7.11 Å². The molecule has 5 nitrogen and oxygen atoms in total. The molecule has 144 valence electrons. The minimum Gasteiger partial charge on any atom is -0.497 e. The Kier molecular flexibility index (Phi) is 6.22. The van der Waals surface area contributed by atoms with Crippen LogP contribution in [0.15, 0.2) is 48.5 Å². The van der Waals surface area contributed by atoms with Crippen molar-refractivity contribution < 1.29 is 14.3 Å². The number of anilines is 1. The van der Waals surface area contributed by atoms with Crippen LogP contribution in [-0.2, 0) is 11.2 Å². The average molecular weight is 368 g/mol. The van der Waals surface area contributed by atoms with Crippen LogP contribution in [0, 0.1) is 0 Å². The van der Waals surface area contributed by atoms with Gasteiger partial charge in [-0.1, -0.05) is 24.3 Å². The highest BCUT2D eigenvalue weighted by molar-refractivity contribution is 5.79. The first kappa shape index (κ1) is 19.1. The Balaban J connectivity index is 1.57. The van der Waals surface area contributed by atoms with Crippen molar-refractivity contribution in [1.82, 2.24) is 4.90 Å². The largest absolute Gasteiger partial charge is 0.497 e. The van der Waals surface area contributed by atoms with Gasteiger partial charge in [-0.3, -0.25) is 4.79 Å². The molecular weight excluding hydrogens is 340 g/mol. The molecular formula is C22H28N2O3. The molecule has 1 aliphatic rings. The lowest BCUT2D eigenvalue weighted by Gasteiger charge is -2.37. The molecule has 27 heavy (non-hydrogen) atoms. The van der Waals surface area contributed by atoms with E-state index in [0.717, 1.165) is 48.9 Å². The highest BCUT2D eigenvalue weighted by Gasteiger charge is 2.23. The number of amides is 1. The smallest absolute Gasteiger partial charge is 0.227 e. The summed E-state index contributed by atoms with van der Waals surface area (Å²) in [6.07, 6.45) is 0.565. The van der Waals surface area contributed by atoms with E-state index >= 15 is 0 Å². The van der Waals surface area contributed by atoms with Crippen LogP contribution in [0.5, 0.6) is 11.5 Å². The number of carbonyl (C=O) groups excluding carboxylic acids is 1. The molecule has 0 atom stereocenters. The van der Waals surface area contributed by atoms with Crippen LogP contribution in [0.25, 0.3) is 0 Å². The van der Waals surface area contributed by atoms with Crippen LogP contribution in [-0.4, -0.2) is 50.2 Å². The van der Waals surface area contributed by atoms with Crippen LogP contribution in [0.3, 0.4) is 0 Å². The summed E-state index contributed by atoms with van der Waals surface area (Å²) in [6, 6.07) is 15.8. The highest BCUT2D eigenvalue weighted by atomic mass is 16.5. The van der Waals surface area contributed by atoms with Gasteiger partial charge in [0, 0.05) is 26.2 Å². The lowest BCUT2D eigenvalue weighted by molar-refractivity contribution is -0.130. The molecule has 1 aliphatic heterocycles. The van der Waals surface area contributed by atoms with Gasteiger partial charge >= 0.3 is 0 Å². The maximum atomic E-state index is 12.6. The summed E-state index contributed by atoms with van der Waals surface area (Å²) in [4.78, 5) is 16.9. The first-order valence-corrected chi connectivity index (χ1v) is 9.48. The van der Waals surface area contributed by atoms with Gasteiger partial charge < -0.3 is 19.3 Å². The molecule has 1 fully saturated rings. The topological polar surface area (TPSA) is 42.0 Å². The van der Waals surface area contributed by atoms with E-state index in [1.165, 1.54) is 0 Å². The Morgan fingerprint density at radius 2 is 1.67 bits per heavy atom. The summed E-state index contributed by atoms with van der Waals surface area (Å²) in [6.45, 7) is 7.15. The summed E-state index contributed by atoms with van der Waals surface area (Å²) in [7, 11) is 1.64. The molecule has 0 aromatic heterocycles. The van der Waals surface area contributed by atoms with E-state index < -0.39 is 0 Å². The van der Waals surface area contributed by atoms with Crippen molar-refractivity contribution >= 4 is 11.6 Å². The molecule has 0 N–H and O–H groups in total. The molecule has 5 heteroatoms. The summed E-state index contributed by atoms with van der Waals surface area (Å²) < 4.78 is 11.1. The highest BCUT2D eigenvalue weighted by Crippen LogP contribution is 2.29. The number of carbonyl (C=O) groups is 1. The van der Waals surface area contributed by atoms with Crippen LogP contribution in [0.2, 0.25) is 0 Å². The maximum absolute atomic E-state index is 12.6. The number of para-hydroxylation sites is 2. The standard InChI is InChI=1S/C22H28N2O3/c1-17(2)27-21-7-5-4-6-20(21)23-12-14-24(15-13-23)22(25)16-18-8-10-19(26-3)11-9-18/h4-11,17H,12-16H2,1-3H3. The van der Waals surface area contributed by atoms with Gasteiger partial charge in [-0.05, 0) is 43.7 Å². The third-order valence-electron chi connectivity index (χ3n) is 4.72. The Labute approximate surface area is 161 Å². The Hall–Kier alpha value is -2.69. The molecule has 2 aromatic carbocycles. The van der Waals surface area contributed by atoms with Gasteiger partial charge in [-0.2, -0.15) is 0 Å². The van der Waals surface area contributed by atoms with Crippen LogP contribution < -0.4 is 14.4 Å². The molecule has 0 saturated carbocycles. The molecule has 1 heterocycles. The third kappa shape index (κ3) is 4.94. The number of methoxy groups -OCH3 is 1. The molecule has 0 unspecified atom stereocenters. The molecule has 0 radical (unpaired) electrons. The predicted molar refractivity (Wildman–Crippen MR) is 108 cm³/mol. The molecule has 1 amide bonds. The second-order valence-electron chi connectivity index (χ2n) is 7.03. The zero-order valence-corrected chi connectivity index (χ0v) is 16.4. The normalized spacial score (nSPS) is 14.4. The van der Waals surface area contributed by atoms with Crippen molar-refractivity contribution in [2.24, 2.45) is 0 Å². The van der Waals surface area contributed by atoms with E-state index in [9.17, 15) is 4.79 Å². The van der Waals surface area contributed by atoms with Gasteiger partial charge in [-0.15, -0.1) is 0 Å².